The van der Waals surface area contributed by atoms with Gasteiger partial charge in [-0.2, -0.15) is 0 Å². The van der Waals surface area contributed by atoms with Crippen LogP contribution in [-0.2, 0) is 21.2 Å². The molecule has 1 aliphatic heterocycles. The third-order valence-corrected chi connectivity index (χ3v) is 8.50. The van der Waals surface area contributed by atoms with Gasteiger partial charge in [0.2, 0.25) is 5.91 Å². The van der Waals surface area contributed by atoms with Crippen LogP contribution in [0, 0.1) is 11.3 Å². The second kappa shape index (κ2) is 16.2. The van der Waals surface area contributed by atoms with Gasteiger partial charge in [0.25, 0.3) is 0 Å². The molecule has 0 spiro atoms. The summed E-state index contributed by atoms with van der Waals surface area (Å²) in [5, 5.41) is 0.589. The van der Waals surface area contributed by atoms with Crippen LogP contribution in [0.25, 0.3) is 4.72 Å². The van der Waals surface area contributed by atoms with Crippen molar-refractivity contribution in [1.82, 2.24) is 4.90 Å². The molecule has 1 saturated carbocycles. The topological polar surface area (TPSA) is 133 Å². The Labute approximate surface area is 271 Å². The largest absolute Gasteiger partial charge is 1.00 e. The first-order chi connectivity index (χ1) is 16.6. The van der Waals surface area contributed by atoms with E-state index in [-0.39, 0.29) is 82.5 Å². The van der Waals surface area contributed by atoms with Crippen LogP contribution >= 0.6 is 11.6 Å². The number of amides is 1. The van der Waals surface area contributed by atoms with Crippen molar-refractivity contribution in [1.29, 1.82) is 0 Å². The molecule has 11 heteroatoms. The van der Waals surface area contributed by atoms with Crippen molar-refractivity contribution in [2.45, 2.75) is 77.7 Å². The minimum atomic E-state index is -3.68. The first-order valence-electron chi connectivity index (χ1n) is 12.6. The number of nitrogens with zero attached hydrogens (tertiary/aromatic N) is 3. The molecule has 1 aliphatic carbocycles. The fourth-order valence-corrected chi connectivity index (χ4v) is 6.60. The SMILES string of the molecule is C.CS(=O)(=O)[N-]C(Cc1ccc(Cl)cc1)C(=O)N1CCC(CCCN=C(N)N)(C2CCCCC2)CC1.[K+]. The van der Waals surface area contributed by atoms with Crippen LogP contribution in [0.4, 0.5) is 0 Å². The summed E-state index contributed by atoms with van der Waals surface area (Å²) in [5.74, 6) is 0.555. The number of hydrogen-bond acceptors (Lipinski definition) is 4. The molecule has 1 heterocycles. The molecule has 2 fully saturated rings. The van der Waals surface area contributed by atoms with E-state index in [4.69, 9.17) is 23.1 Å². The van der Waals surface area contributed by atoms with Gasteiger partial charge in [0, 0.05) is 30.9 Å². The molecule has 1 amide bonds. The van der Waals surface area contributed by atoms with Crippen molar-refractivity contribution < 1.29 is 64.6 Å². The molecule has 1 aromatic rings. The number of benzene rings is 1. The Balaban J connectivity index is 0.00000342. The molecule has 37 heavy (non-hydrogen) atoms. The van der Waals surface area contributed by atoms with Crippen molar-refractivity contribution >= 4 is 33.5 Å². The van der Waals surface area contributed by atoms with Gasteiger partial charge in [-0.15, -0.1) is 0 Å². The summed E-state index contributed by atoms with van der Waals surface area (Å²) < 4.78 is 27.9. The number of guanidine groups is 1. The summed E-state index contributed by atoms with van der Waals surface area (Å²) in [5.41, 5.74) is 12.0. The standard InChI is InChI=1S/C25H39ClN5O3S.CH4.K/c1-35(33,34)30-22(18-19-8-10-21(26)11-9-19)23(32)31-16-13-25(14-17-31,12-5-15-29-24(27)28)20-6-3-2-4-7-20;;/h8-11,20,22H,2-7,12-18H2,1H3,(H4,27,28,29);1H4;/q-1;;+1. The Morgan fingerprint density at radius 1 is 1.16 bits per heavy atom. The maximum Gasteiger partial charge on any atom is 1.00 e. The van der Waals surface area contributed by atoms with Gasteiger partial charge >= 0.3 is 51.4 Å². The minimum absolute atomic E-state index is 0. The van der Waals surface area contributed by atoms with Gasteiger partial charge in [-0.25, -0.2) is 8.42 Å². The average Bonchev–Trinajstić information content (AvgIpc) is 2.82. The molecular formula is C26H43ClKN5O3S. The average molecular weight is 580 g/mol. The molecule has 1 saturated heterocycles. The number of rotatable bonds is 10. The van der Waals surface area contributed by atoms with E-state index in [0.29, 0.717) is 30.6 Å². The summed E-state index contributed by atoms with van der Waals surface area (Å²) in [7, 11) is -3.68. The molecule has 8 nitrogen and oxygen atoms in total. The van der Waals surface area contributed by atoms with E-state index in [2.05, 4.69) is 9.71 Å². The number of nitrogens with two attached hydrogens (primary N) is 2. The zero-order valence-corrected chi connectivity index (χ0v) is 26.4. The maximum atomic E-state index is 13.5. The first-order valence-corrected chi connectivity index (χ1v) is 14.8. The molecular weight excluding hydrogens is 537 g/mol. The number of halogens is 1. The number of aliphatic imine (C=N–C) groups is 1. The van der Waals surface area contributed by atoms with Crippen LogP contribution in [0.15, 0.2) is 29.3 Å². The molecule has 1 unspecified atom stereocenters. The molecule has 4 N–H and O–H groups in total. The van der Waals surface area contributed by atoms with E-state index in [1.165, 1.54) is 32.1 Å². The molecule has 0 aromatic heterocycles. The summed E-state index contributed by atoms with van der Waals surface area (Å²) >= 11 is 5.98. The number of hydrogen-bond donors (Lipinski definition) is 2. The third kappa shape index (κ3) is 11.1. The van der Waals surface area contributed by atoms with Crippen LogP contribution in [0.2, 0.25) is 5.02 Å². The van der Waals surface area contributed by atoms with Gasteiger partial charge in [-0.1, -0.05) is 50.4 Å². The van der Waals surface area contributed by atoms with Crippen molar-refractivity contribution in [3.05, 3.63) is 39.6 Å². The summed E-state index contributed by atoms with van der Waals surface area (Å²) in [6, 6.07) is 6.12. The normalized spacial score (nSPS) is 18.7. The number of carbonyl (C=O) groups is 1. The van der Waals surface area contributed by atoms with Crippen molar-refractivity contribution in [2.24, 2.45) is 27.8 Å². The number of sulfonamides is 1. The van der Waals surface area contributed by atoms with Crippen LogP contribution in [-0.4, -0.2) is 57.1 Å². The third-order valence-electron chi connectivity index (χ3n) is 7.62. The zero-order chi connectivity index (χ0) is 25.5. The second-order valence-corrected chi connectivity index (χ2v) is 12.2. The maximum absolute atomic E-state index is 13.5. The summed E-state index contributed by atoms with van der Waals surface area (Å²) in [4.78, 5) is 19.4. The van der Waals surface area contributed by atoms with Gasteiger partial charge < -0.3 is 21.1 Å². The number of likely N-dealkylation sites (tertiary alicyclic amines) is 1. The summed E-state index contributed by atoms with van der Waals surface area (Å²) in [6.45, 7) is 1.86. The van der Waals surface area contributed by atoms with Crippen molar-refractivity contribution in [3.63, 3.8) is 0 Å². The number of carbonyl (C=O) groups excluding carboxylic acids is 1. The molecule has 0 radical (unpaired) electrons. The van der Waals surface area contributed by atoms with E-state index in [1.54, 1.807) is 24.3 Å². The van der Waals surface area contributed by atoms with Gasteiger partial charge in [0.05, 0.1) is 10.0 Å². The zero-order valence-electron chi connectivity index (χ0n) is 21.7. The van der Waals surface area contributed by atoms with E-state index >= 15 is 0 Å². The molecule has 2 aliphatic rings. The van der Waals surface area contributed by atoms with E-state index in [1.807, 2.05) is 4.90 Å². The first kappa shape index (κ1) is 34.8. The second-order valence-electron chi connectivity index (χ2n) is 10.1. The van der Waals surface area contributed by atoms with E-state index in [0.717, 1.165) is 37.5 Å². The Morgan fingerprint density at radius 2 is 1.76 bits per heavy atom. The van der Waals surface area contributed by atoms with E-state index < -0.39 is 16.1 Å². The van der Waals surface area contributed by atoms with E-state index in [9.17, 15) is 13.2 Å². The van der Waals surface area contributed by atoms with Crippen LogP contribution < -0.4 is 62.9 Å². The summed E-state index contributed by atoms with van der Waals surface area (Å²) in [6.07, 6.45) is 11.3. The van der Waals surface area contributed by atoms with Gasteiger partial charge in [-0.05, 0) is 80.0 Å². The molecule has 1 aromatic carbocycles. The monoisotopic (exact) mass is 579 g/mol. The van der Waals surface area contributed by atoms with Gasteiger partial charge in [-0.3, -0.25) is 9.79 Å². The fourth-order valence-electron chi connectivity index (χ4n) is 5.84. The predicted molar refractivity (Wildman–Crippen MR) is 149 cm³/mol. The van der Waals surface area contributed by atoms with Crippen molar-refractivity contribution in [2.75, 3.05) is 25.9 Å². The fraction of sp³-hybridized carbons (Fsp3) is 0.692. The Bertz CT molecular complexity index is 972. The van der Waals surface area contributed by atoms with Crippen LogP contribution in [0.1, 0.15) is 70.8 Å². The minimum Gasteiger partial charge on any atom is -0.538 e. The van der Waals surface area contributed by atoms with Crippen LogP contribution in [0.5, 0.6) is 0 Å². The van der Waals surface area contributed by atoms with Crippen LogP contribution in [0.3, 0.4) is 0 Å². The van der Waals surface area contributed by atoms with Crippen molar-refractivity contribution in [3.8, 4) is 0 Å². The molecule has 1 atom stereocenters. The molecule has 0 bridgehead atoms. The number of piperidine rings is 1. The Kier molecular flexibility index (Phi) is 15.2. The van der Waals surface area contributed by atoms with Gasteiger partial charge in [0.15, 0.2) is 5.96 Å². The quantitative estimate of drug-likeness (QED) is 0.187. The predicted octanol–water partition coefficient (Wildman–Crippen LogP) is 1.47. The smallest absolute Gasteiger partial charge is 0.538 e. The molecule has 204 valence electrons. The Hall–Kier alpha value is -0.204. The molecule has 3 rings (SSSR count). The Morgan fingerprint density at radius 3 is 2.30 bits per heavy atom. The van der Waals surface area contributed by atoms with Gasteiger partial charge in [0.1, 0.15) is 0 Å².